The molecular formula is C13H7F3N6O5S. The number of nitrogens with zero attached hydrogens (tertiary/aromatic N) is 4. The van der Waals surface area contributed by atoms with Crippen molar-refractivity contribution in [2.45, 2.75) is 11.4 Å². The van der Waals surface area contributed by atoms with Crippen molar-refractivity contribution in [2.75, 3.05) is 10.6 Å². The number of halogens is 3. The van der Waals surface area contributed by atoms with Crippen molar-refractivity contribution in [2.24, 2.45) is 0 Å². The van der Waals surface area contributed by atoms with Gasteiger partial charge in [0.05, 0.1) is 16.3 Å². The predicted octanol–water partition coefficient (Wildman–Crippen LogP) is 3.69. The lowest BCUT2D eigenvalue weighted by atomic mass is 10.2. The van der Waals surface area contributed by atoms with Crippen molar-refractivity contribution < 1.29 is 32.7 Å². The fourth-order valence-corrected chi connectivity index (χ4v) is 2.28. The first-order valence-corrected chi connectivity index (χ1v) is 7.65. The van der Waals surface area contributed by atoms with Crippen LogP contribution in [0.2, 0.25) is 0 Å². The minimum atomic E-state index is -4.99. The molecule has 0 fully saturated rings. The van der Waals surface area contributed by atoms with Crippen LogP contribution in [0.3, 0.4) is 0 Å². The molecule has 0 saturated heterocycles. The molecular weight excluding hydrogens is 409 g/mol. The third kappa shape index (κ3) is 5.60. The third-order valence-electron chi connectivity index (χ3n) is 2.79. The van der Waals surface area contributed by atoms with E-state index in [0.717, 1.165) is 24.4 Å². The number of hydrogen-bond donors (Lipinski definition) is 3. The minimum Gasteiger partial charge on any atom is -0.465 e. The number of anilines is 3. The molecule has 11 nitrogen and oxygen atoms in total. The van der Waals surface area contributed by atoms with Gasteiger partial charge in [0, 0.05) is 17.8 Å². The fourth-order valence-electron chi connectivity index (χ4n) is 1.83. The van der Waals surface area contributed by atoms with Gasteiger partial charge in [-0.25, -0.2) is 9.78 Å². The van der Waals surface area contributed by atoms with Crippen LogP contribution in [-0.2, 0) is 0 Å². The normalized spacial score (nSPS) is 10.6. The second kappa shape index (κ2) is 8.26. The van der Waals surface area contributed by atoms with Gasteiger partial charge in [0.2, 0.25) is 5.95 Å². The zero-order valence-electron chi connectivity index (χ0n) is 13.2. The summed E-state index contributed by atoms with van der Waals surface area (Å²) < 4.78 is 40.9. The monoisotopic (exact) mass is 416 g/mol. The average molecular weight is 416 g/mol. The molecule has 0 bridgehead atoms. The molecule has 0 atom stereocenters. The Morgan fingerprint density at radius 3 is 2.68 bits per heavy atom. The third-order valence-corrected chi connectivity index (χ3v) is 3.37. The highest BCUT2D eigenvalue weighted by molar-refractivity contribution is 8.03. The number of carboxylic acid groups (broad SMARTS) is 1. The lowest BCUT2D eigenvalue weighted by molar-refractivity contribution is -0.388. The molecule has 1 amide bonds. The maximum Gasteiger partial charge on any atom is 0.573 e. The van der Waals surface area contributed by atoms with Gasteiger partial charge in [-0.2, -0.15) is 10.2 Å². The Balaban J connectivity index is 2.43. The number of alkyl halides is 3. The van der Waals surface area contributed by atoms with Gasteiger partial charge in [-0.1, -0.05) is 0 Å². The van der Waals surface area contributed by atoms with Crippen LogP contribution in [0.4, 0.5) is 41.0 Å². The van der Waals surface area contributed by atoms with Crippen LogP contribution in [0.15, 0.2) is 29.4 Å². The van der Waals surface area contributed by atoms with Crippen LogP contribution < -0.4 is 15.4 Å². The second-order valence-corrected chi connectivity index (χ2v) is 5.42. The number of nitriles is 1. The van der Waals surface area contributed by atoms with Crippen molar-refractivity contribution in [1.29, 1.82) is 5.26 Å². The Morgan fingerprint density at radius 2 is 2.11 bits per heavy atom. The molecule has 146 valence electrons. The van der Waals surface area contributed by atoms with Gasteiger partial charge in [0.15, 0.2) is 5.03 Å². The van der Waals surface area contributed by atoms with E-state index in [0.29, 0.717) is 11.8 Å². The lowest BCUT2D eigenvalue weighted by Gasteiger charge is -2.14. The first kappa shape index (κ1) is 20.5. The Morgan fingerprint density at radius 1 is 1.39 bits per heavy atom. The van der Waals surface area contributed by atoms with Gasteiger partial charge in [-0.3, -0.25) is 15.4 Å². The van der Waals surface area contributed by atoms with E-state index in [9.17, 15) is 28.1 Å². The van der Waals surface area contributed by atoms with Gasteiger partial charge in [0.1, 0.15) is 17.3 Å². The molecule has 2 aromatic rings. The van der Waals surface area contributed by atoms with Crippen molar-refractivity contribution in [3.05, 3.63) is 34.5 Å². The largest absolute Gasteiger partial charge is 0.573 e. The number of rotatable bonds is 6. The summed E-state index contributed by atoms with van der Waals surface area (Å²) in [6.07, 6.45) is -5.70. The zero-order valence-corrected chi connectivity index (χ0v) is 14.0. The number of thiocyanates is 1. The number of benzene rings is 1. The highest BCUT2D eigenvalue weighted by atomic mass is 32.2. The Hall–Kier alpha value is -3.80. The summed E-state index contributed by atoms with van der Waals surface area (Å²) in [6, 6.07) is 2.69. The summed E-state index contributed by atoms with van der Waals surface area (Å²) in [5, 5.41) is 34.1. The van der Waals surface area contributed by atoms with Gasteiger partial charge >= 0.3 is 18.1 Å². The summed E-state index contributed by atoms with van der Waals surface area (Å²) in [5.41, 5.74) is -0.959. The highest BCUT2D eigenvalue weighted by Gasteiger charge is 2.31. The van der Waals surface area contributed by atoms with Crippen molar-refractivity contribution in [3.63, 3.8) is 0 Å². The number of nitrogens with one attached hydrogen (secondary N) is 2. The molecule has 1 aromatic heterocycles. The lowest BCUT2D eigenvalue weighted by Crippen LogP contribution is -2.17. The van der Waals surface area contributed by atoms with E-state index in [-0.39, 0.29) is 22.3 Å². The zero-order chi connectivity index (χ0) is 20.9. The Kier molecular flexibility index (Phi) is 6.05. The second-order valence-electron chi connectivity index (χ2n) is 4.64. The first-order chi connectivity index (χ1) is 13.1. The molecule has 1 aromatic carbocycles. The highest BCUT2D eigenvalue weighted by Crippen LogP contribution is 2.33. The average Bonchev–Trinajstić information content (AvgIpc) is 2.56. The van der Waals surface area contributed by atoms with Gasteiger partial charge < -0.3 is 15.2 Å². The molecule has 0 aliphatic rings. The number of amides is 1. The van der Waals surface area contributed by atoms with Crippen LogP contribution in [0.5, 0.6) is 5.75 Å². The molecule has 3 N–H and O–H groups in total. The number of nitro groups is 1. The number of aromatic nitrogens is 2. The summed E-state index contributed by atoms with van der Waals surface area (Å²) >= 11 is 0.370. The Labute approximate surface area is 157 Å². The smallest absolute Gasteiger partial charge is 0.465 e. The van der Waals surface area contributed by atoms with Gasteiger partial charge in [-0.05, 0) is 12.1 Å². The molecule has 15 heteroatoms. The van der Waals surface area contributed by atoms with E-state index >= 15 is 0 Å². The maximum atomic E-state index is 12.4. The number of carbonyl (C=O) groups is 1. The summed E-state index contributed by atoms with van der Waals surface area (Å²) in [6.45, 7) is 0. The molecule has 2 rings (SSSR count). The Bertz CT molecular complexity index is 965. The van der Waals surface area contributed by atoms with E-state index in [1.54, 1.807) is 5.40 Å². The summed E-state index contributed by atoms with van der Waals surface area (Å²) in [5.74, 6) is -1.000. The maximum absolute atomic E-state index is 12.4. The van der Waals surface area contributed by atoms with Crippen LogP contribution >= 0.6 is 11.8 Å². The van der Waals surface area contributed by atoms with Gasteiger partial charge in [-0.15, -0.1) is 13.2 Å². The first-order valence-electron chi connectivity index (χ1n) is 6.83. The molecule has 0 radical (unpaired) electrons. The topological polar surface area (TPSA) is 163 Å². The van der Waals surface area contributed by atoms with Crippen molar-refractivity contribution in [3.8, 4) is 11.2 Å². The van der Waals surface area contributed by atoms with E-state index < -0.39 is 28.8 Å². The molecule has 0 spiro atoms. The molecule has 0 saturated carbocycles. The minimum absolute atomic E-state index is 0.168. The molecule has 28 heavy (non-hydrogen) atoms. The fraction of sp³-hybridized carbons (Fsp3) is 0.0769. The molecule has 1 heterocycles. The van der Waals surface area contributed by atoms with Crippen LogP contribution in [0.25, 0.3) is 0 Å². The van der Waals surface area contributed by atoms with Gasteiger partial charge in [0.25, 0.3) is 0 Å². The summed E-state index contributed by atoms with van der Waals surface area (Å²) in [4.78, 5) is 28.3. The molecule has 0 aliphatic carbocycles. The molecule has 0 unspecified atom stereocenters. The quantitative estimate of drug-likeness (QED) is 0.208. The predicted molar refractivity (Wildman–Crippen MR) is 88.2 cm³/mol. The van der Waals surface area contributed by atoms with E-state index in [1.165, 1.54) is 0 Å². The number of hydrogen-bond acceptors (Lipinski definition) is 9. The van der Waals surface area contributed by atoms with E-state index in [2.05, 4.69) is 20.0 Å². The van der Waals surface area contributed by atoms with E-state index in [4.69, 9.17) is 10.4 Å². The number of ether oxygens (including phenoxy) is 1. The van der Waals surface area contributed by atoms with Crippen LogP contribution in [0.1, 0.15) is 0 Å². The SMILES string of the molecule is N#CSc1nc(Nc2cc(OC(F)(F)F)ccc2NC(=O)O)ncc1[N+](=O)[O-]. The van der Waals surface area contributed by atoms with Crippen molar-refractivity contribution >= 4 is 40.9 Å². The van der Waals surface area contributed by atoms with Crippen molar-refractivity contribution in [1.82, 2.24) is 9.97 Å². The number of thioether (sulfide) groups is 1. The standard InChI is InChI=1S/C13H7F3N6O5S/c14-13(15,16)27-6-1-2-7(20-12(23)24)8(3-6)19-11-18-4-9(22(25)26)10(21-11)28-5-17/h1-4,20H,(H,23,24)(H,18,19,21). The van der Waals surface area contributed by atoms with Crippen LogP contribution in [-0.4, -0.2) is 32.5 Å². The molecule has 0 aliphatic heterocycles. The van der Waals surface area contributed by atoms with Crippen LogP contribution in [0, 0.1) is 20.8 Å². The van der Waals surface area contributed by atoms with E-state index in [1.807, 2.05) is 5.32 Å². The summed E-state index contributed by atoms with van der Waals surface area (Å²) in [7, 11) is 0.